The monoisotopic (exact) mass is 266 g/mol. The molecule has 100 valence electrons. The highest BCUT2D eigenvalue weighted by Gasteiger charge is 2.11. The van der Waals surface area contributed by atoms with Crippen molar-refractivity contribution in [1.29, 1.82) is 0 Å². The van der Waals surface area contributed by atoms with Crippen molar-refractivity contribution in [1.82, 2.24) is 20.3 Å². The summed E-state index contributed by atoms with van der Waals surface area (Å²) in [6.45, 7) is 2.29. The lowest BCUT2D eigenvalue weighted by Gasteiger charge is -2.04. The molecule has 0 unspecified atom stereocenters. The van der Waals surface area contributed by atoms with Crippen LogP contribution in [0, 0.1) is 6.92 Å². The Morgan fingerprint density at radius 2 is 2.15 bits per heavy atom. The molecular weight excluding hydrogens is 252 g/mol. The summed E-state index contributed by atoms with van der Waals surface area (Å²) in [5, 5.41) is 3.79. The Morgan fingerprint density at radius 1 is 1.30 bits per heavy atom. The van der Waals surface area contributed by atoms with Gasteiger partial charge in [0.25, 0.3) is 5.91 Å². The van der Waals surface area contributed by atoms with E-state index in [-0.39, 0.29) is 5.91 Å². The largest absolute Gasteiger partial charge is 0.360 e. The number of carbonyl (C=O) groups excluding carboxylic acids is 1. The van der Waals surface area contributed by atoms with Crippen LogP contribution >= 0.6 is 0 Å². The minimum Gasteiger partial charge on any atom is -0.360 e. The van der Waals surface area contributed by atoms with Gasteiger partial charge in [0.1, 0.15) is 6.33 Å². The molecule has 0 aliphatic carbocycles. The van der Waals surface area contributed by atoms with Crippen LogP contribution in [0.3, 0.4) is 0 Å². The highest BCUT2D eigenvalue weighted by atomic mass is 16.1. The van der Waals surface area contributed by atoms with Crippen LogP contribution in [0.1, 0.15) is 21.7 Å². The van der Waals surface area contributed by atoms with E-state index in [4.69, 9.17) is 0 Å². The van der Waals surface area contributed by atoms with E-state index in [1.165, 1.54) is 6.33 Å². The van der Waals surface area contributed by atoms with Crippen LogP contribution in [0.5, 0.6) is 0 Å². The van der Waals surface area contributed by atoms with Crippen LogP contribution in [-0.2, 0) is 6.54 Å². The Kier molecular flexibility index (Phi) is 3.16. The van der Waals surface area contributed by atoms with Gasteiger partial charge >= 0.3 is 0 Å². The summed E-state index contributed by atoms with van der Waals surface area (Å²) in [4.78, 5) is 23.4. The van der Waals surface area contributed by atoms with Crippen molar-refractivity contribution in [3.63, 3.8) is 0 Å². The number of aromatic nitrogens is 3. The van der Waals surface area contributed by atoms with Crippen molar-refractivity contribution in [2.75, 3.05) is 0 Å². The van der Waals surface area contributed by atoms with Gasteiger partial charge in [0, 0.05) is 22.8 Å². The topological polar surface area (TPSA) is 70.7 Å². The molecule has 0 atom stereocenters. The van der Waals surface area contributed by atoms with Gasteiger partial charge in [0.2, 0.25) is 0 Å². The number of nitrogens with one attached hydrogen (secondary N) is 2. The highest BCUT2D eigenvalue weighted by Crippen LogP contribution is 2.17. The molecule has 0 saturated carbocycles. The van der Waals surface area contributed by atoms with E-state index in [9.17, 15) is 4.79 Å². The second-order valence-corrected chi connectivity index (χ2v) is 4.58. The molecule has 0 spiro atoms. The van der Waals surface area contributed by atoms with Crippen molar-refractivity contribution in [2.24, 2.45) is 0 Å². The molecule has 5 nitrogen and oxygen atoms in total. The van der Waals surface area contributed by atoms with Gasteiger partial charge in [0.05, 0.1) is 17.8 Å². The molecule has 0 bridgehead atoms. The van der Waals surface area contributed by atoms with Gasteiger partial charge in [-0.05, 0) is 19.1 Å². The number of rotatable bonds is 3. The van der Waals surface area contributed by atoms with Gasteiger partial charge in [-0.2, -0.15) is 0 Å². The maximum absolute atomic E-state index is 12.2. The van der Waals surface area contributed by atoms with E-state index < -0.39 is 0 Å². The summed E-state index contributed by atoms with van der Waals surface area (Å²) in [7, 11) is 0. The fourth-order valence-corrected chi connectivity index (χ4v) is 2.13. The molecule has 5 heteroatoms. The first-order valence-electron chi connectivity index (χ1n) is 6.36. The SMILES string of the molecule is Cc1cc(CNC(=O)c2c[nH]c3ccccc23)ncn1. The van der Waals surface area contributed by atoms with E-state index in [1.54, 1.807) is 6.20 Å². The zero-order valence-corrected chi connectivity index (χ0v) is 11.1. The number of hydrogen-bond donors (Lipinski definition) is 2. The minimum atomic E-state index is -0.112. The normalized spacial score (nSPS) is 10.7. The number of aromatic amines is 1. The fourth-order valence-electron chi connectivity index (χ4n) is 2.13. The first kappa shape index (κ1) is 12.3. The third kappa shape index (κ3) is 2.38. The standard InChI is InChI=1S/C15H14N4O/c1-10-6-11(19-9-18-10)7-17-15(20)13-8-16-14-5-3-2-4-12(13)14/h2-6,8-9,16H,7H2,1H3,(H,17,20). The zero-order chi connectivity index (χ0) is 13.9. The van der Waals surface area contributed by atoms with Crippen LogP contribution in [-0.4, -0.2) is 20.9 Å². The van der Waals surface area contributed by atoms with Crippen LogP contribution in [0.25, 0.3) is 10.9 Å². The van der Waals surface area contributed by atoms with Crippen LogP contribution < -0.4 is 5.32 Å². The lowest BCUT2D eigenvalue weighted by Crippen LogP contribution is -2.23. The second-order valence-electron chi connectivity index (χ2n) is 4.58. The molecule has 1 aromatic carbocycles. The number of nitrogens with zero attached hydrogens (tertiary/aromatic N) is 2. The van der Waals surface area contributed by atoms with Gasteiger partial charge in [-0.3, -0.25) is 4.79 Å². The fraction of sp³-hybridized carbons (Fsp3) is 0.133. The summed E-state index contributed by atoms with van der Waals surface area (Å²) < 4.78 is 0. The third-order valence-electron chi connectivity index (χ3n) is 3.12. The zero-order valence-electron chi connectivity index (χ0n) is 11.1. The quantitative estimate of drug-likeness (QED) is 0.763. The van der Waals surface area contributed by atoms with Crippen LogP contribution in [0.2, 0.25) is 0 Å². The van der Waals surface area contributed by atoms with Crippen molar-refractivity contribution in [3.05, 3.63) is 59.8 Å². The first-order valence-corrected chi connectivity index (χ1v) is 6.36. The number of amides is 1. The number of fused-ring (bicyclic) bond motifs is 1. The van der Waals surface area contributed by atoms with Crippen LogP contribution in [0.15, 0.2) is 42.9 Å². The Bertz CT molecular complexity index is 763. The molecule has 0 aliphatic heterocycles. The van der Waals surface area contributed by atoms with Gasteiger partial charge in [0.15, 0.2) is 0 Å². The average Bonchev–Trinajstić information content (AvgIpc) is 2.89. The van der Waals surface area contributed by atoms with Crippen molar-refractivity contribution in [3.8, 4) is 0 Å². The van der Waals surface area contributed by atoms with E-state index in [1.807, 2.05) is 37.3 Å². The molecule has 0 fully saturated rings. The van der Waals surface area contributed by atoms with Crippen molar-refractivity contribution < 1.29 is 4.79 Å². The molecule has 2 heterocycles. The molecule has 2 N–H and O–H groups in total. The lowest BCUT2D eigenvalue weighted by molar-refractivity contribution is 0.0952. The summed E-state index contributed by atoms with van der Waals surface area (Å²) in [6, 6.07) is 9.58. The molecule has 1 amide bonds. The first-order chi connectivity index (χ1) is 9.74. The molecule has 0 radical (unpaired) electrons. The Labute approximate surface area is 116 Å². The predicted molar refractivity (Wildman–Crippen MR) is 76.2 cm³/mol. The van der Waals surface area contributed by atoms with Gasteiger partial charge < -0.3 is 10.3 Å². The highest BCUT2D eigenvalue weighted by molar-refractivity contribution is 6.06. The van der Waals surface area contributed by atoms with Gasteiger partial charge in [-0.15, -0.1) is 0 Å². The average molecular weight is 266 g/mol. The third-order valence-corrected chi connectivity index (χ3v) is 3.12. The lowest BCUT2D eigenvalue weighted by atomic mass is 10.1. The number of aryl methyl sites for hydroxylation is 1. The van der Waals surface area contributed by atoms with E-state index >= 15 is 0 Å². The molecule has 20 heavy (non-hydrogen) atoms. The number of para-hydroxylation sites is 1. The van der Waals surface area contributed by atoms with Crippen molar-refractivity contribution >= 4 is 16.8 Å². The summed E-state index contributed by atoms with van der Waals surface area (Å²) in [5.74, 6) is -0.112. The Hall–Kier alpha value is -2.69. The number of H-pyrrole nitrogens is 1. The summed E-state index contributed by atoms with van der Waals surface area (Å²) >= 11 is 0. The van der Waals surface area contributed by atoms with Crippen molar-refractivity contribution in [2.45, 2.75) is 13.5 Å². The Morgan fingerprint density at radius 3 is 3.00 bits per heavy atom. The summed E-state index contributed by atoms with van der Waals surface area (Å²) in [6.07, 6.45) is 3.23. The molecule has 0 aliphatic rings. The number of hydrogen-bond acceptors (Lipinski definition) is 3. The van der Waals surface area contributed by atoms with Gasteiger partial charge in [-0.1, -0.05) is 18.2 Å². The van der Waals surface area contributed by atoms with E-state index in [0.717, 1.165) is 22.3 Å². The maximum Gasteiger partial charge on any atom is 0.253 e. The molecular formula is C15H14N4O. The minimum absolute atomic E-state index is 0.112. The predicted octanol–water partition coefficient (Wildman–Crippen LogP) is 2.20. The molecule has 0 saturated heterocycles. The second kappa shape index (κ2) is 5.13. The maximum atomic E-state index is 12.2. The molecule has 2 aromatic heterocycles. The van der Waals surface area contributed by atoms with Crippen LogP contribution in [0.4, 0.5) is 0 Å². The van der Waals surface area contributed by atoms with E-state index in [2.05, 4.69) is 20.3 Å². The summed E-state index contributed by atoms with van der Waals surface area (Å²) in [5.41, 5.74) is 3.28. The Balaban J connectivity index is 1.76. The van der Waals surface area contributed by atoms with E-state index in [0.29, 0.717) is 12.1 Å². The van der Waals surface area contributed by atoms with Gasteiger partial charge in [-0.25, -0.2) is 9.97 Å². The number of carbonyl (C=O) groups is 1. The number of benzene rings is 1. The molecule has 3 rings (SSSR count). The molecule has 3 aromatic rings. The smallest absolute Gasteiger partial charge is 0.253 e.